The maximum Gasteiger partial charge on any atom is 0.224 e. The van der Waals surface area contributed by atoms with Crippen molar-refractivity contribution < 1.29 is 4.52 Å². The van der Waals surface area contributed by atoms with Crippen LogP contribution in [-0.4, -0.2) is 25.3 Å². The van der Waals surface area contributed by atoms with E-state index in [1.807, 2.05) is 18.2 Å². The molecule has 0 unspecified atom stereocenters. The SMILES string of the molecule is c1cc(Nc2cc(C3CC3)[nH]n2)nc(NCc2cc(C3CC3)no2)n1. The second-order valence-corrected chi connectivity index (χ2v) is 6.72. The van der Waals surface area contributed by atoms with Crippen LogP contribution in [0.15, 0.2) is 28.9 Å². The van der Waals surface area contributed by atoms with Crippen molar-refractivity contribution in [3.63, 3.8) is 0 Å². The van der Waals surface area contributed by atoms with Gasteiger partial charge in [0.1, 0.15) is 5.82 Å². The molecule has 128 valence electrons. The highest BCUT2D eigenvalue weighted by molar-refractivity contribution is 5.53. The first-order valence-corrected chi connectivity index (χ1v) is 8.68. The van der Waals surface area contributed by atoms with Crippen LogP contribution in [0.2, 0.25) is 0 Å². The quantitative estimate of drug-likeness (QED) is 0.607. The van der Waals surface area contributed by atoms with Gasteiger partial charge in [0, 0.05) is 35.9 Å². The number of nitrogens with zero attached hydrogens (tertiary/aromatic N) is 4. The van der Waals surface area contributed by atoms with E-state index in [1.54, 1.807) is 6.20 Å². The highest BCUT2D eigenvalue weighted by atomic mass is 16.5. The number of nitrogens with one attached hydrogen (secondary N) is 3. The molecule has 8 heteroatoms. The Hall–Kier alpha value is -2.90. The Morgan fingerprint density at radius 2 is 2.00 bits per heavy atom. The second-order valence-electron chi connectivity index (χ2n) is 6.72. The third-order valence-corrected chi connectivity index (χ3v) is 4.52. The van der Waals surface area contributed by atoms with E-state index >= 15 is 0 Å². The maximum atomic E-state index is 5.35. The van der Waals surface area contributed by atoms with E-state index in [0.717, 1.165) is 17.3 Å². The molecule has 0 amide bonds. The zero-order valence-corrected chi connectivity index (χ0v) is 13.7. The van der Waals surface area contributed by atoms with Crippen molar-refractivity contribution in [3.8, 4) is 0 Å². The number of aromatic amines is 1. The Labute approximate surface area is 144 Å². The van der Waals surface area contributed by atoms with Gasteiger partial charge < -0.3 is 15.2 Å². The zero-order chi connectivity index (χ0) is 16.6. The molecule has 2 aliphatic carbocycles. The summed E-state index contributed by atoms with van der Waals surface area (Å²) in [6.45, 7) is 0.511. The van der Waals surface area contributed by atoms with Crippen molar-refractivity contribution in [2.24, 2.45) is 0 Å². The van der Waals surface area contributed by atoms with Gasteiger partial charge in [-0.2, -0.15) is 10.1 Å². The average Bonchev–Trinajstić information content (AvgIpc) is 3.56. The van der Waals surface area contributed by atoms with E-state index in [0.29, 0.717) is 30.1 Å². The van der Waals surface area contributed by atoms with Crippen molar-refractivity contribution in [2.75, 3.05) is 10.6 Å². The standard InChI is InChI=1S/C17H19N7O/c1-2-10(1)13-8-16(23-22-13)20-15-5-6-18-17(21-15)19-9-12-7-14(24-25-12)11-3-4-11/h5-8,10-11H,1-4,9H2,(H3,18,19,20,21,22,23). The topological polar surface area (TPSA) is 105 Å². The molecule has 0 radical (unpaired) electrons. The first kappa shape index (κ1) is 14.4. The van der Waals surface area contributed by atoms with Gasteiger partial charge in [-0.05, 0) is 31.7 Å². The molecular formula is C17H19N7O. The van der Waals surface area contributed by atoms with Crippen molar-refractivity contribution in [1.82, 2.24) is 25.3 Å². The number of rotatable bonds is 7. The van der Waals surface area contributed by atoms with E-state index in [2.05, 4.69) is 36.0 Å². The highest BCUT2D eigenvalue weighted by Crippen LogP contribution is 2.40. The Balaban J connectivity index is 1.22. The fourth-order valence-corrected chi connectivity index (χ4v) is 2.80. The van der Waals surface area contributed by atoms with Gasteiger partial charge in [0.2, 0.25) is 5.95 Å². The predicted octanol–water partition coefficient (Wildman–Crippen LogP) is 3.30. The molecule has 0 spiro atoms. The van der Waals surface area contributed by atoms with E-state index in [1.165, 1.54) is 31.4 Å². The zero-order valence-electron chi connectivity index (χ0n) is 13.7. The van der Waals surface area contributed by atoms with Crippen LogP contribution in [0.3, 0.4) is 0 Å². The van der Waals surface area contributed by atoms with Crippen molar-refractivity contribution in [1.29, 1.82) is 0 Å². The normalized spacial score (nSPS) is 16.8. The van der Waals surface area contributed by atoms with Crippen molar-refractivity contribution in [2.45, 2.75) is 44.1 Å². The molecular weight excluding hydrogens is 318 g/mol. The lowest BCUT2D eigenvalue weighted by Crippen LogP contribution is -2.04. The van der Waals surface area contributed by atoms with Crippen molar-refractivity contribution in [3.05, 3.63) is 41.5 Å². The van der Waals surface area contributed by atoms with Crippen LogP contribution in [-0.2, 0) is 6.54 Å². The lowest BCUT2D eigenvalue weighted by Gasteiger charge is -2.05. The summed E-state index contributed by atoms with van der Waals surface area (Å²) in [4.78, 5) is 8.70. The summed E-state index contributed by atoms with van der Waals surface area (Å²) >= 11 is 0. The molecule has 0 aromatic carbocycles. The van der Waals surface area contributed by atoms with Crippen molar-refractivity contribution >= 4 is 17.6 Å². The van der Waals surface area contributed by atoms with Gasteiger partial charge in [-0.3, -0.25) is 5.10 Å². The number of hydrogen-bond acceptors (Lipinski definition) is 7. The van der Waals surface area contributed by atoms with Gasteiger partial charge in [0.25, 0.3) is 0 Å². The maximum absolute atomic E-state index is 5.35. The number of hydrogen-bond donors (Lipinski definition) is 3. The highest BCUT2D eigenvalue weighted by Gasteiger charge is 2.27. The molecule has 2 aliphatic rings. The summed E-state index contributed by atoms with van der Waals surface area (Å²) in [7, 11) is 0. The molecule has 25 heavy (non-hydrogen) atoms. The minimum absolute atomic E-state index is 0.511. The molecule has 2 fully saturated rings. The Morgan fingerprint density at radius 3 is 2.84 bits per heavy atom. The Morgan fingerprint density at radius 1 is 1.12 bits per heavy atom. The molecule has 0 saturated heterocycles. The molecule has 3 aromatic rings. The van der Waals surface area contributed by atoms with E-state index in [9.17, 15) is 0 Å². The van der Waals surface area contributed by atoms with Crippen LogP contribution in [0.4, 0.5) is 17.6 Å². The largest absolute Gasteiger partial charge is 0.359 e. The first-order chi connectivity index (χ1) is 12.3. The smallest absolute Gasteiger partial charge is 0.224 e. The van der Waals surface area contributed by atoms with Gasteiger partial charge in [-0.1, -0.05) is 5.16 Å². The van der Waals surface area contributed by atoms with Crippen LogP contribution < -0.4 is 10.6 Å². The molecule has 8 nitrogen and oxygen atoms in total. The second kappa shape index (κ2) is 5.87. The fraction of sp³-hybridized carbons (Fsp3) is 0.412. The summed E-state index contributed by atoms with van der Waals surface area (Å²) < 4.78 is 5.35. The molecule has 3 aromatic heterocycles. The number of H-pyrrole nitrogens is 1. The Bertz CT molecular complexity index is 879. The lowest BCUT2D eigenvalue weighted by atomic mass is 10.3. The lowest BCUT2D eigenvalue weighted by molar-refractivity contribution is 0.381. The summed E-state index contributed by atoms with van der Waals surface area (Å²) in [6, 6.07) is 5.87. The number of anilines is 3. The van der Waals surface area contributed by atoms with E-state index in [-0.39, 0.29) is 0 Å². The molecule has 0 bridgehead atoms. The fourth-order valence-electron chi connectivity index (χ4n) is 2.80. The Kier molecular flexibility index (Phi) is 3.39. The van der Waals surface area contributed by atoms with Gasteiger partial charge in [-0.15, -0.1) is 0 Å². The van der Waals surface area contributed by atoms with Crippen LogP contribution >= 0.6 is 0 Å². The molecule has 0 atom stereocenters. The molecule has 5 rings (SSSR count). The van der Waals surface area contributed by atoms with Crippen LogP contribution in [0.25, 0.3) is 0 Å². The van der Waals surface area contributed by atoms with E-state index in [4.69, 9.17) is 4.52 Å². The summed E-state index contributed by atoms with van der Waals surface area (Å²) in [5.74, 6) is 4.04. The van der Waals surface area contributed by atoms with Crippen LogP contribution in [0.5, 0.6) is 0 Å². The summed E-state index contributed by atoms with van der Waals surface area (Å²) in [5, 5.41) is 17.8. The molecule has 0 aliphatic heterocycles. The minimum Gasteiger partial charge on any atom is -0.359 e. The third kappa shape index (κ3) is 3.33. The molecule has 2 saturated carbocycles. The van der Waals surface area contributed by atoms with E-state index < -0.39 is 0 Å². The summed E-state index contributed by atoms with van der Waals surface area (Å²) in [5.41, 5.74) is 2.24. The van der Waals surface area contributed by atoms with Gasteiger partial charge in [-0.25, -0.2) is 4.98 Å². The number of aromatic nitrogens is 5. The average molecular weight is 337 g/mol. The first-order valence-electron chi connectivity index (χ1n) is 8.68. The molecule has 3 N–H and O–H groups in total. The predicted molar refractivity (Wildman–Crippen MR) is 91.7 cm³/mol. The third-order valence-electron chi connectivity index (χ3n) is 4.52. The van der Waals surface area contributed by atoms with Gasteiger partial charge in [0.15, 0.2) is 11.6 Å². The van der Waals surface area contributed by atoms with Gasteiger partial charge >= 0.3 is 0 Å². The van der Waals surface area contributed by atoms with Crippen LogP contribution in [0.1, 0.15) is 54.7 Å². The molecule has 3 heterocycles. The monoisotopic (exact) mass is 337 g/mol. The van der Waals surface area contributed by atoms with Crippen LogP contribution in [0, 0.1) is 0 Å². The van der Waals surface area contributed by atoms with Gasteiger partial charge in [0.05, 0.1) is 12.2 Å². The minimum atomic E-state index is 0.511. The summed E-state index contributed by atoms with van der Waals surface area (Å²) in [6.07, 6.45) is 6.63.